The lowest BCUT2D eigenvalue weighted by atomic mass is 10.0. The number of hydrogen-bond acceptors (Lipinski definition) is 7. The summed E-state index contributed by atoms with van der Waals surface area (Å²) in [6.07, 6.45) is -3.64. The summed E-state index contributed by atoms with van der Waals surface area (Å²) >= 11 is 1.48. The summed E-state index contributed by atoms with van der Waals surface area (Å²) in [5.74, 6) is -3.67. The Labute approximate surface area is 206 Å². The first-order valence-electron chi connectivity index (χ1n) is 10.4. The van der Waals surface area contributed by atoms with Gasteiger partial charge in [0.15, 0.2) is 0 Å². The van der Waals surface area contributed by atoms with E-state index in [1.54, 1.807) is 42.5 Å². The van der Waals surface area contributed by atoms with Gasteiger partial charge in [-0.05, 0) is 55.3 Å². The molecule has 0 fully saturated rings. The molecule has 3 aromatic rings. The third-order valence-electron chi connectivity index (χ3n) is 4.81. The minimum atomic E-state index is -5.08. The van der Waals surface area contributed by atoms with Crippen molar-refractivity contribution < 1.29 is 42.5 Å². The lowest BCUT2D eigenvalue weighted by molar-refractivity contribution is -0.192. The number of ether oxygens (including phenoxy) is 1. The first kappa shape index (κ1) is 28.2. The Hall–Kier alpha value is -4.00. The molecule has 0 radical (unpaired) electrons. The second kappa shape index (κ2) is 12.1. The normalized spacial score (nSPS) is 11.8. The summed E-state index contributed by atoms with van der Waals surface area (Å²) in [5, 5.41) is 24.3. The van der Waals surface area contributed by atoms with E-state index >= 15 is 0 Å². The maximum Gasteiger partial charge on any atom is 0.490 e. The van der Waals surface area contributed by atoms with Gasteiger partial charge in [-0.3, -0.25) is 10.2 Å². The minimum Gasteiger partial charge on any atom is -0.481 e. The first-order valence-corrected chi connectivity index (χ1v) is 11.2. The van der Waals surface area contributed by atoms with Gasteiger partial charge >= 0.3 is 24.1 Å². The Morgan fingerprint density at radius 1 is 1.11 bits per heavy atom. The number of hydrogen-bond donors (Lipinski definition) is 4. The van der Waals surface area contributed by atoms with E-state index in [0.717, 1.165) is 21.6 Å². The number of amidine groups is 1. The van der Waals surface area contributed by atoms with Gasteiger partial charge in [-0.1, -0.05) is 6.92 Å². The quantitative estimate of drug-likeness (QED) is 0.141. The van der Waals surface area contributed by atoms with Crippen LogP contribution in [0.3, 0.4) is 0 Å². The molecule has 1 heterocycles. The molecule has 3 rings (SSSR count). The number of halogens is 3. The zero-order chi connectivity index (χ0) is 27.0. The molecule has 5 N–H and O–H groups in total. The van der Waals surface area contributed by atoms with Crippen LogP contribution < -0.4 is 10.5 Å². The molecule has 1 unspecified atom stereocenters. The Morgan fingerprint density at radius 2 is 1.69 bits per heavy atom. The molecule has 13 heteroatoms. The number of alkyl halides is 3. The molecule has 0 amide bonds. The second-order valence-electron chi connectivity index (χ2n) is 7.40. The molecule has 9 nitrogen and oxygen atoms in total. The number of carbonyl (C=O) groups is 3. The number of thiazole rings is 1. The first-order chi connectivity index (χ1) is 16.8. The number of carboxylic acids is 2. The Morgan fingerprint density at radius 3 is 2.19 bits per heavy atom. The molecule has 0 aliphatic rings. The maximum atomic E-state index is 12.5. The van der Waals surface area contributed by atoms with Gasteiger partial charge in [-0.2, -0.15) is 13.2 Å². The van der Waals surface area contributed by atoms with Gasteiger partial charge in [0.2, 0.25) is 0 Å². The number of nitrogens with zero attached hydrogens (tertiary/aromatic N) is 1. The monoisotopic (exact) mass is 525 g/mol. The summed E-state index contributed by atoms with van der Waals surface area (Å²) < 4.78 is 38.0. The van der Waals surface area contributed by atoms with Crippen molar-refractivity contribution in [3.8, 4) is 5.75 Å². The fourth-order valence-corrected chi connectivity index (χ4v) is 4.14. The molecule has 1 atom stereocenters. The topological polar surface area (TPSA) is 164 Å². The van der Waals surface area contributed by atoms with Gasteiger partial charge in [0.25, 0.3) is 0 Å². The van der Waals surface area contributed by atoms with Gasteiger partial charge in [0.1, 0.15) is 11.6 Å². The molecule has 0 aliphatic carbocycles. The van der Waals surface area contributed by atoms with Crippen LogP contribution in [0.25, 0.3) is 10.2 Å². The smallest absolute Gasteiger partial charge is 0.481 e. The average molecular weight is 526 g/mol. The van der Waals surface area contributed by atoms with Gasteiger partial charge in [0.05, 0.1) is 20.8 Å². The predicted octanol–water partition coefficient (Wildman–Crippen LogP) is 4.79. The van der Waals surface area contributed by atoms with Gasteiger partial charge in [-0.15, -0.1) is 11.3 Å². The predicted molar refractivity (Wildman–Crippen MR) is 126 cm³/mol. The van der Waals surface area contributed by atoms with Crippen LogP contribution >= 0.6 is 11.3 Å². The van der Waals surface area contributed by atoms with Crippen LogP contribution in [0.4, 0.5) is 13.2 Å². The fraction of sp³-hybridized carbons (Fsp3) is 0.261. The molecule has 0 spiro atoms. The van der Waals surface area contributed by atoms with Crippen LogP contribution in [0, 0.1) is 5.41 Å². The number of nitrogens with two attached hydrogens (primary N) is 1. The highest BCUT2D eigenvalue weighted by molar-refractivity contribution is 7.18. The zero-order valence-corrected chi connectivity index (χ0v) is 19.7. The lowest BCUT2D eigenvalue weighted by Gasteiger charge is -2.09. The number of aromatic nitrogens is 1. The average Bonchev–Trinajstić information content (AvgIpc) is 3.22. The van der Waals surface area contributed by atoms with E-state index in [1.165, 1.54) is 11.3 Å². The molecule has 0 aliphatic heterocycles. The van der Waals surface area contributed by atoms with Crippen molar-refractivity contribution in [1.82, 2.24) is 4.98 Å². The zero-order valence-electron chi connectivity index (χ0n) is 18.8. The maximum absolute atomic E-state index is 12.5. The van der Waals surface area contributed by atoms with Crippen molar-refractivity contribution >= 4 is 45.3 Å². The molecule has 36 heavy (non-hydrogen) atoms. The van der Waals surface area contributed by atoms with Crippen LogP contribution in [0.1, 0.15) is 53.0 Å². The van der Waals surface area contributed by atoms with Crippen molar-refractivity contribution in [2.24, 2.45) is 5.73 Å². The summed E-state index contributed by atoms with van der Waals surface area (Å²) in [6.45, 7) is 2.01. The summed E-state index contributed by atoms with van der Waals surface area (Å²) in [5.41, 5.74) is 7.15. The molecular weight excluding hydrogens is 503 g/mol. The number of fused-ring (bicyclic) bond motifs is 1. The van der Waals surface area contributed by atoms with Gasteiger partial charge < -0.3 is 20.7 Å². The number of rotatable bonds is 8. The largest absolute Gasteiger partial charge is 0.490 e. The molecule has 2 aromatic carbocycles. The molecule has 1 aromatic heterocycles. The Balaban J connectivity index is 0.000000572. The van der Waals surface area contributed by atoms with E-state index in [9.17, 15) is 22.8 Å². The minimum absolute atomic E-state index is 0.0527. The molecular formula is C23H22F3N3O6S. The highest BCUT2D eigenvalue weighted by Crippen LogP contribution is 2.33. The van der Waals surface area contributed by atoms with E-state index in [0.29, 0.717) is 23.3 Å². The third-order valence-corrected chi connectivity index (χ3v) is 5.99. The summed E-state index contributed by atoms with van der Waals surface area (Å²) in [7, 11) is 0. The van der Waals surface area contributed by atoms with Crippen molar-refractivity contribution in [2.75, 3.05) is 0 Å². The van der Waals surface area contributed by atoms with Crippen LogP contribution in [0.15, 0.2) is 42.5 Å². The second-order valence-corrected chi connectivity index (χ2v) is 8.46. The number of aliphatic carboxylic acids is 2. The number of esters is 1. The van der Waals surface area contributed by atoms with Crippen LogP contribution in [0.2, 0.25) is 0 Å². The molecule has 0 saturated carbocycles. The van der Waals surface area contributed by atoms with E-state index in [1.807, 2.05) is 6.92 Å². The van der Waals surface area contributed by atoms with Crippen molar-refractivity contribution in [2.45, 2.75) is 38.3 Å². The van der Waals surface area contributed by atoms with E-state index in [2.05, 4.69) is 4.98 Å². The Bertz CT molecular complexity index is 1260. The summed E-state index contributed by atoms with van der Waals surface area (Å²) in [4.78, 5) is 36.9. The van der Waals surface area contributed by atoms with Crippen molar-refractivity contribution in [3.05, 3.63) is 58.6 Å². The number of benzene rings is 2. The number of carboxylic acid groups (broad SMARTS) is 2. The van der Waals surface area contributed by atoms with Gasteiger partial charge in [0, 0.05) is 17.9 Å². The van der Waals surface area contributed by atoms with E-state index in [-0.39, 0.29) is 18.2 Å². The van der Waals surface area contributed by atoms with E-state index < -0.39 is 24.1 Å². The molecule has 0 bridgehead atoms. The number of nitrogen functional groups attached to an aromatic ring is 1. The SMILES string of the molecule is CCC(CCC(=O)O)c1nc2ccc(C(=O)Oc3ccc(C(=N)N)cc3)cc2s1.O=C(O)C(F)(F)F. The molecule has 0 saturated heterocycles. The van der Waals surface area contributed by atoms with Crippen LogP contribution in [-0.2, 0) is 9.59 Å². The third kappa shape index (κ3) is 8.05. The van der Waals surface area contributed by atoms with Crippen LogP contribution in [0.5, 0.6) is 5.75 Å². The van der Waals surface area contributed by atoms with Gasteiger partial charge in [-0.25, -0.2) is 14.6 Å². The lowest BCUT2D eigenvalue weighted by Crippen LogP contribution is -2.21. The number of nitrogens with one attached hydrogen (secondary N) is 1. The number of carbonyl (C=O) groups excluding carboxylic acids is 1. The summed E-state index contributed by atoms with van der Waals surface area (Å²) in [6, 6.07) is 11.6. The highest BCUT2D eigenvalue weighted by Gasteiger charge is 2.38. The van der Waals surface area contributed by atoms with Crippen LogP contribution in [-0.4, -0.2) is 45.1 Å². The Kier molecular flexibility index (Phi) is 9.50. The highest BCUT2D eigenvalue weighted by atomic mass is 32.1. The molecule has 192 valence electrons. The standard InChI is InChI=1S/C21H21N3O4S.C2HF3O2/c1-2-12(6-10-18(25)26)20-24-16-9-5-14(11-17(16)29-20)21(27)28-15-7-3-13(4-8-15)19(22)23;3-2(4,5)1(6)7/h3-5,7-9,11-12H,2,6,10H2,1H3,(H3,22,23)(H,25,26);(H,6,7). The van der Waals surface area contributed by atoms with Crippen molar-refractivity contribution in [1.29, 1.82) is 5.41 Å². The fourth-order valence-electron chi connectivity index (χ4n) is 2.91. The van der Waals surface area contributed by atoms with E-state index in [4.69, 9.17) is 30.9 Å². The van der Waals surface area contributed by atoms with Crippen molar-refractivity contribution in [3.63, 3.8) is 0 Å².